The molecule has 1 heterocycles. The Morgan fingerprint density at radius 1 is 1.43 bits per heavy atom. The molecule has 0 aromatic carbocycles. The van der Waals surface area contributed by atoms with Crippen LogP contribution >= 0.6 is 15.9 Å². The van der Waals surface area contributed by atoms with E-state index in [2.05, 4.69) is 41.8 Å². The Bertz CT molecular complexity index is 365. The summed E-state index contributed by atoms with van der Waals surface area (Å²) >= 11 is 3.33. The van der Waals surface area contributed by atoms with Crippen LogP contribution in [0.25, 0.3) is 0 Å². The molecule has 1 aromatic heterocycles. The molecule has 0 radical (unpaired) electrons. The minimum atomic E-state index is 0.0445. The Morgan fingerprint density at radius 3 is 2.36 bits per heavy atom. The molecule has 1 atom stereocenters. The number of H-pyrrole nitrogens is 1. The van der Waals surface area contributed by atoms with E-state index in [0.717, 1.165) is 12.1 Å². The first-order chi connectivity index (χ1) is 6.49. The summed E-state index contributed by atoms with van der Waals surface area (Å²) in [7, 11) is 0. The van der Waals surface area contributed by atoms with Crippen LogP contribution in [0.2, 0.25) is 0 Å². The van der Waals surface area contributed by atoms with Crippen LogP contribution in [0.3, 0.4) is 0 Å². The molecule has 80 valence electrons. The number of nitrogens with one attached hydrogen (secondary N) is 1. The van der Waals surface area contributed by atoms with E-state index in [4.69, 9.17) is 0 Å². The standard InChI is InChI=1S/C10H17BrN2O/c1-5-7(4)13-10(14)8(11)9(12-13)6(2)3/h6-7,12H,5H2,1-4H3. The van der Waals surface area contributed by atoms with E-state index in [-0.39, 0.29) is 11.6 Å². The summed E-state index contributed by atoms with van der Waals surface area (Å²) in [6.45, 7) is 8.24. The highest BCUT2D eigenvalue weighted by molar-refractivity contribution is 9.10. The number of aromatic amines is 1. The monoisotopic (exact) mass is 260 g/mol. The molecular formula is C10H17BrN2O. The lowest BCUT2D eigenvalue weighted by Gasteiger charge is -2.09. The Balaban J connectivity index is 3.22. The summed E-state index contributed by atoms with van der Waals surface area (Å²) < 4.78 is 2.37. The second kappa shape index (κ2) is 4.34. The average molecular weight is 261 g/mol. The number of rotatable bonds is 3. The summed E-state index contributed by atoms with van der Waals surface area (Å²) in [4.78, 5) is 11.8. The third-order valence-electron chi connectivity index (χ3n) is 2.49. The molecule has 3 nitrogen and oxygen atoms in total. The minimum absolute atomic E-state index is 0.0445. The first kappa shape index (κ1) is 11.6. The van der Waals surface area contributed by atoms with E-state index in [1.807, 2.05) is 6.92 Å². The van der Waals surface area contributed by atoms with Crippen LogP contribution < -0.4 is 5.56 Å². The highest BCUT2D eigenvalue weighted by Crippen LogP contribution is 2.20. The van der Waals surface area contributed by atoms with Gasteiger partial charge in [0.1, 0.15) is 4.47 Å². The number of nitrogens with zero attached hydrogens (tertiary/aromatic N) is 1. The van der Waals surface area contributed by atoms with Gasteiger partial charge in [0, 0.05) is 0 Å². The van der Waals surface area contributed by atoms with Crippen LogP contribution in [0.15, 0.2) is 9.27 Å². The van der Waals surface area contributed by atoms with Gasteiger partial charge in [0.2, 0.25) is 0 Å². The molecule has 0 bridgehead atoms. The Morgan fingerprint density at radius 2 is 2.00 bits per heavy atom. The van der Waals surface area contributed by atoms with E-state index in [9.17, 15) is 4.79 Å². The van der Waals surface area contributed by atoms with Gasteiger partial charge in [-0.25, -0.2) is 4.68 Å². The quantitative estimate of drug-likeness (QED) is 0.892. The number of halogens is 1. The smallest absolute Gasteiger partial charge is 0.281 e. The zero-order chi connectivity index (χ0) is 10.9. The van der Waals surface area contributed by atoms with Crippen LogP contribution in [0.4, 0.5) is 0 Å². The molecule has 0 spiro atoms. The fraction of sp³-hybridized carbons (Fsp3) is 0.700. The van der Waals surface area contributed by atoms with Gasteiger partial charge in [-0.05, 0) is 35.2 Å². The van der Waals surface area contributed by atoms with Crippen molar-refractivity contribution in [1.82, 2.24) is 9.78 Å². The first-order valence-corrected chi connectivity index (χ1v) is 5.78. The van der Waals surface area contributed by atoms with E-state index in [0.29, 0.717) is 10.4 Å². The predicted octanol–water partition coefficient (Wildman–Crippen LogP) is 3.03. The Labute approximate surface area is 92.6 Å². The SMILES string of the molecule is CCC(C)n1[nH]c(C(C)C)c(Br)c1=O. The second-order valence-corrected chi connectivity index (χ2v) is 4.72. The van der Waals surface area contributed by atoms with Crippen molar-refractivity contribution in [3.8, 4) is 0 Å². The number of aromatic nitrogens is 2. The fourth-order valence-electron chi connectivity index (χ4n) is 1.33. The molecule has 0 saturated heterocycles. The molecule has 0 aliphatic rings. The van der Waals surface area contributed by atoms with E-state index < -0.39 is 0 Å². The summed E-state index contributed by atoms with van der Waals surface area (Å²) in [6.07, 6.45) is 0.949. The zero-order valence-electron chi connectivity index (χ0n) is 9.10. The maximum absolute atomic E-state index is 11.8. The second-order valence-electron chi connectivity index (χ2n) is 3.93. The Hall–Kier alpha value is -0.510. The molecule has 0 amide bonds. The lowest BCUT2D eigenvalue weighted by atomic mass is 10.1. The lowest BCUT2D eigenvalue weighted by Crippen LogP contribution is -2.20. The highest BCUT2D eigenvalue weighted by Gasteiger charge is 2.16. The van der Waals surface area contributed by atoms with Gasteiger partial charge in [-0.15, -0.1) is 0 Å². The highest BCUT2D eigenvalue weighted by atomic mass is 79.9. The average Bonchev–Trinajstić information content (AvgIpc) is 2.43. The summed E-state index contributed by atoms with van der Waals surface area (Å²) in [5, 5.41) is 3.16. The van der Waals surface area contributed by atoms with Crippen LogP contribution in [-0.2, 0) is 0 Å². The van der Waals surface area contributed by atoms with Crippen molar-refractivity contribution in [1.29, 1.82) is 0 Å². The van der Waals surface area contributed by atoms with Crippen molar-refractivity contribution < 1.29 is 0 Å². The largest absolute Gasteiger partial charge is 0.298 e. The maximum Gasteiger partial charge on any atom is 0.281 e. The van der Waals surface area contributed by atoms with E-state index in [1.165, 1.54) is 0 Å². The van der Waals surface area contributed by atoms with Crippen LogP contribution in [-0.4, -0.2) is 9.78 Å². The van der Waals surface area contributed by atoms with Crippen molar-refractivity contribution in [3.05, 3.63) is 20.5 Å². The molecule has 0 aliphatic carbocycles. The van der Waals surface area contributed by atoms with Gasteiger partial charge in [0.05, 0.1) is 11.7 Å². The van der Waals surface area contributed by atoms with Crippen LogP contribution in [0.1, 0.15) is 51.8 Å². The molecule has 0 saturated carbocycles. The van der Waals surface area contributed by atoms with Crippen LogP contribution in [0, 0.1) is 0 Å². The molecule has 14 heavy (non-hydrogen) atoms. The Kier molecular flexibility index (Phi) is 3.59. The van der Waals surface area contributed by atoms with Crippen molar-refractivity contribution in [2.24, 2.45) is 0 Å². The third-order valence-corrected chi connectivity index (χ3v) is 3.26. The normalized spacial score (nSPS) is 13.6. The zero-order valence-corrected chi connectivity index (χ0v) is 10.7. The molecule has 0 aliphatic heterocycles. The topological polar surface area (TPSA) is 37.8 Å². The van der Waals surface area contributed by atoms with Gasteiger partial charge >= 0.3 is 0 Å². The molecule has 1 unspecified atom stereocenters. The van der Waals surface area contributed by atoms with Gasteiger partial charge in [-0.3, -0.25) is 9.89 Å². The molecule has 1 rings (SSSR count). The summed E-state index contributed by atoms with van der Waals surface area (Å²) in [6, 6.07) is 0.228. The molecule has 1 N–H and O–H groups in total. The minimum Gasteiger partial charge on any atom is -0.298 e. The molecule has 0 fully saturated rings. The van der Waals surface area contributed by atoms with Crippen molar-refractivity contribution >= 4 is 15.9 Å². The van der Waals surface area contributed by atoms with Gasteiger partial charge < -0.3 is 0 Å². The van der Waals surface area contributed by atoms with Gasteiger partial charge in [-0.2, -0.15) is 0 Å². The summed E-state index contributed by atoms with van der Waals surface area (Å²) in [5.74, 6) is 0.336. The fourth-order valence-corrected chi connectivity index (χ4v) is 2.06. The van der Waals surface area contributed by atoms with Gasteiger partial charge in [0.25, 0.3) is 5.56 Å². The third kappa shape index (κ3) is 1.95. The van der Waals surface area contributed by atoms with Crippen molar-refractivity contribution in [2.45, 2.75) is 46.1 Å². The van der Waals surface area contributed by atoms with E-state index in [1.54, 1.807) is 4.68 Å². The summed E-state index contributed by atoms with van der Waals surface area (Å²) in [5.41, 5.74) is 1.03. The van der Waals surface area contributed by atoms with Gasteiger partial charge in [-0.1, -0.05) is 20.8 Å². The lowest BCUT2D eigenvalue weighted by molar-refractivity contribution is 0.459. The molecule has 4 heteroatoms. The first-order valence-electron chi connectivity index (χ1n) is 4.98. The van der Waals surface area contributed by atoms with E-state index >= 15 is 0 Å². The molecule has 1 aromatic rings. The number of hydrogen-bond donors (Lipinski definition) is 1. The number of hydrogen-bond acceptors (Lipinski definition) is 1. The predicted molar refractivity (Wildman–Crippen MR) is 61.8 cm³/mol. The molecular weight excluding hydrogens is 244 g/mol. The van der Waals surface area contributed by atoms with Crippen LogP contribution in [0.5, 0.6) is 0 Å². The maximum atomic E-state index is 11.8. The van der Waals surface area contributed by atoms with Gasteiger partial charge in [0.15, 0.2) is 0 Å². The van der Waals surface area contributed by atoms with Crippen molar-refractivity contribution in [2.75, 3.05) is 0 Å². The van der Waals surface area contributed by atoms with Crippen molar-refractivity contribution in [3.63, 3.8) is 0 Å².